The Morgan fingerprint density at radius 3 is 2.64 bits per heavy atom. The summed E-state index contributed by atoms with van der Waals surface area (Å²) in [5.41, 5.74) is 4.15. The van der Waals surface area contributed by atoms with E-state index >= 15 is 0 Å². The predicted molar refractivity (Wildman–Crippen MR) is 87.4 cm³/mol. The zero-order valence-corrected chi connectivity index (χ0v) is 12.7. The van der Waals surface area contributed by atoms with Gasteiger partial charge in [0, 0.05) is 23.1 Å². The third-order valence-electron chi connectivity index (χ3n) is 3.21. The standard InChI is InChI=1S/C16H13N3O2S/c1-11-3-2-4-13(9-11)17-16-18-15(10-22-16)12-5-7-14(8-6-12)19(20)21/h2-10H,1H3,(H,17,18)/p+1. The van der Waals surface area contributed by atoms with Crippen LogP contribution in [-0.2, 0) is 0 Å². The molecular weight excluding hydrogens is 298 g/mol. The fourth-order valence-electron chi connectivity index (χ4n) is 2.12. The van der Waals surface area contributed by atoms with Crippen molar-refractivity contribution in [2.24, 2.45) is 0 Å². The highest BCUT2D eigenvalue weighted by Gasteiger charge is 2.12. The molecule has 0 radical (unpaired) electrons. The summed E-state index contributed by atoms with van der Waals surface area (Å²) in [5, 5.41) is 16.9. The Bertz CT molecular complexity index is 812. The van der Waals surface area contributed by atoms with E-state index in [9.17, 15) is 10.1 Å². The Balaban J connectivity index is 1.80. The number of nitrogens with one attached hydrogen (secondary N) is 2. The molecule has 3 rings (SSSR count). The number of aromatic nitrogens is 1. The van der Waals surface area contributed by atoms with Gasteiger partial charge in [0.25, 0.3) is 5.69 Å². The van der Waals surface area contributed by atoms with Crippen molar-refractivity contribution in [3.8, 4) is 11.3 Å². The second-order valence-electron chi connectivity index (χ2n) is 4.90. The monoisotopic (exact) mass is 312 g/mol. The highest BCUT2D eigenvalue weighted by Crippen LogP contribution is 2.25. The van der Waals surface area contributed by atoms with E-state index in [0.29, 0.717) is 0 Å². The lowest BCUT2D eigenvalue weighted by Crippen LogP contribution is -2.07. The minimum absolute atomic E-state index is 0.0945. The normalized spacial score (nSPS) is 10.4. The van der Waals surface area contributed by atoms with Gasteiger partial charge in [-0.1, -0.05) is 23.5 Å². The van der Waals surface area contributed by atoms with E-state index in [1.54, 1.807) is 23.5 Å². The Morgan fingerprint density at radius 2 is 1.95 bits per heavy atom. The Labute approximate surface area is 131 Å². The molecule has 2 N–H and O–H groups in total. The molecular formula is C16H14N3O2S+. The number of aryl methyl sites for hydroxylation is 1. The van der Waals surface area contributed by atoms with Crippen LogP contribution >= 0.6 is 11.3 Å². The largest absolute Gasteiger partial charge is 0.337 e. The molecule has 0 atom stereocenters. The first-order chi connectivity index (χ1) is 10.6. The molecule has 6 heteroatoms. The van der Waals surface area contributed by atoms with Gasteiger partial charge < -0.3 is 0 Å². The minimum Gasteiger partial charge on any atom is -0.258 e. The fourth-order valence-corrected chi connectivity index (χ4v) is 2.89. The second-order valence-corrected chi connectivity index (χ2v) is 5.78. The molecule has 0 amide bonds. The van der Waals surface area contributed by atoms with Gasteiger partial charge in [-0.05, 0) is 36.8 Å². The molecule has 0 fully saturated rings. The average Bonchev–Trinajstić information content (AvgIpc) is 2.96. The molecule has 0 unspecified atom stereocenters. The molecule has 22 heavy (non-hydrogen) atoms. The van der Waals surface area contributed by atoms with E-state index in [4.69, 9.17) is 0 Å². The first kappa shape index (κ1) is 14.2. The number of nitro groups is 1. The summed E-state index contributed by atoms with van der Waals surface area (Å²) in [6.45, 7) is 2.05. The SMILES string of the molecule is Cc1cccc(Nc2[nH+]c(-c3ccc([N+](=O)[O-])cc3)cs2)c1. The van der Waals surface area contributed by atoms with E-state index in [-0.39, 0.29) is 5.69 Å². The average molecular weight is 312 g/mol. The number of rotatable bonds is 4. The number of nitro benzene ring substituents is 1. The van der Waals surface area contributed by atoms with E-state index in [1.165, 1.54) is 17.7 Å². The number of non-ortho nitro benzene ring substituents is 1. The van der Waals surface area contributed by atoms with Gasteiger partial charge in [0.1, 0.15) is 11.4 Å². The maximum absolute atomic E-state index is 10.7. The highest BCUT2D eigenvalue weighted by atomic mass is 32.1. The molecule has 1 aromatic heterocycles. The molecule has 0 saturated carbocycles. The van der Waals surface area contributed by atoms with Gasteiger partial charge in [-0.3, -0.25) is 10.1 Å². The lowest BCUT2D eigenvalue weighted by atomic mass is 10.1. The predicted octanol–water partition coefficient (Wildman–Crippen LogP) is 4.19. The van der Waals surface area contributed by atoms with Gasteiger partial charge in [0.15, 0.2) is 0 Å². The smallest absolute Gasteiger partial charge is 0.258 e. The summed E-state index contributed by atoms with van der Waals surface area (Å²) in [4.78, 5) is 13.6. The van der Waals surface area contributed by atoms with Crippen molar-refractivity contribution in [1.82, 2.24) is 0 Å². The molecule has 0 spiro atoms. The van der Waals surface area contributed by atoms with Crippen molar-refractivity contribution in [3.63, 3.8) is 0 Å². The van der Waals surface area contributed by atoms with Crippen molar-refractivity contribution < 1.29 is 9.91 Å². The minimum atomic E-state index is -0.397. The summed E-state index contributed by atoms with van der Waals surface area (Å²) in [6, 6.07) is 14.6. The summed E-state index contributed by atoms with van der Waals surface area (Å²) in [5.74, 6) is 0. The molecule has 110 valence electrons. The first-order valence-electron chi connectivity index (χ1n) is 6.71. The summed E-state index contributed by atoms with van der Waals surface area (Å²) in [6.07, 6.45) is 0. The number of benzene rings is 2. The lowest BCUT2D eigenvalue weighted by Gasteiger charge is -1.97. The van der Waals surface area contributed by atoms with Crippen molar-refractivity contribution >= 4 is 27.8 Å². The van der Waals surface area contributed by atoms with Gasteiger partial charge in [-0.25, -0.2) is 10.3 Å². The van der Waals surface area contributed by atoms with Crippen LogP contribution in [0.2, 0.25) is 0 Å². The van der Waals surface area contributed by atoms with Gasteiger partial charge in [0.05, 0.1) is 4.92 Å². The Kier molecular flexibility index (Phi) is 3.84. The Hall–Kier alpha value is -2.73. The van der Waals surface area contributed by atoms with Gasteiger partial charge in [-0.2, -0.15) is 0 Å². The zero-order chi connectivity index (χ0) is 15.5. The van der Waals surface area contributed by atoms with Gasteiger partial charge in [-0.15, -0.1) is 0 Å². The van der Waals surface area contributed by atoms with Crippen LogP contribution in [0.1, 0.15) is 5.56 Å². The van der Waals surface area contributed by atoms with Crippen molar-refractivity contribution in [3.05, 3.63) is 69.6 Å². The van der Waals surface area contributed by atoms with Crippen molar-refractivity contribution in [1.29, 1.82) is 0 Å². The van der Waals surface area contributed by atoms with E-state index in [0.717, 1.165) is 22.1 Å². The van der Waals surface area contributed by atoms with E-state index in [1.807, 2.05) is 30.5 Å². The van der Waals surface area contributed by atoms with Crippen molar-refractivity contribution in [2.45, 2.75) is 6.92 Å². The number of aromatic amines is 1. The van der Waals surface area contributed by atoms with Crippen LogP contribution in [0.15, 0.2) is 53.9 Å². The van der Waals surface area contributed by atoms with Crippen molar-refractivity contribution in [2.75, 3.05) is 5.32 Å². The number of thiazole rings is 1. The number of hydrogen-bond acceptors (Lipinski definition) is 4. The third-order valence-corrected chi connectivity index (χ3v) is 4.00. The maximum Gasteiger partial charge on any atom is 0.337 e. The van der Waals surface area contributed by atoms with Crippen LogP contribution in [0, 0.1) is 17.0 Å². The topological polar surface area (TPSA) is 69.3 Å². The van der Waals surface area contributed by atoms with Crippen LogP contribution in [0.25, 0.3) is 11.3 Å². The molecule has 0 bridgehead atoms. The van der Waals surface area contributed by atoms with E-state index < -0.39 is 4.92 Å². The van der Waals surface area contributed by atoms with Gasteiger partial charge in [0.2, 0.25) is 0 Å². The maximum atomic E-state index is 10.7. The van der Waals surface area contributed by atoms with Gasteiger partial charge >= 0.3 is 5.13 Å². The number of anilines is 2. The van der Waals surface area contributed by atoms with Crippen LogP contribution in [0.3, 0.4) is 0 Å². The summed E-state index contributed by atoms with van der Waals surface area (Å²) in [7, 11) is 0. The summed E-state index contributed by atoms with van der Waals surface area (Å²) < 4.78 is 0. The van der Waals surface area contributed by atoms with Crippen LogP contribution in [0.4, 0.5) is 16.5 Å². The lowest BCUT2D eigenvalue weighted by molar-refractivity contribution is -0.384. The second kappa shape index (κ2) is 5.95. The first-order valence-corrected chi connectivity index (χ1v) is 7.59. The third kappa shape index (κ3) is 3.12. The molecule has 5 nitrogen and oxygen atoms in total. The molecule has 2 aromatic carbocycles. The highest BCUT2D eigenvalue weighted by molar-refractivity contribution is 7.13. The number of nitrogens with zero attached hydrogens (tertiary/aromatic N) is 1. The van der Waals surface area contributed by atoms with E-state index in [2.05, 4.69) is 16.4 Å². The molecule has 0 aliphatic heterocycles. The van der Waals surface area contributed by atoms with Crippen LogP contribution in [-0.4, -0.2) is 4.92 Å². The quantitative estimate of drug-likeness (QED) is 0.580. The number of H-pyrrole nitrogens is 1. The van der Waals surface area contributed by atoms with Crippen LogP contribution < -0.4 is 10.3 Å². The molecule has 0 aliphatic rings. The van der Waals surface area contributed by atoms with Crippen LogP contribution in [0.5, 0.6) is 0 Å². The molecule has 1 heterocycles. The fraction of sp³-hybridized carbons (Fsp3) is 0.0625. The molecule has 3 aromatic rings. The zero-order valence-electron chi connectivity index (χ0n) is 11.9. The molecule has 0 aliphatic carbocycles. The summed E-state index contributed by atoms with van der Waals surface area (Å²) >= 11 is 1.56. The Morgan fingerprint density at radius 1 is 1.18 bits per heavy atom. The molecule has 0 saturated heterocycles. The number of hydrogen-bond donors (Lipinski definition) is 1.